The predicted octanol–water partition coefficient (Wildman–Crippen LogP) is 2.77. The molecule has 1 unspecified atom stereocenters. The van der Waals surface area contributed by atoms with Crippen molar-refractivity contribution >= 4 is 23.1 Å². The molecule has 0 aliphatic heterocycles. The minimum Gasteiger partial charge on any atom is -0.392 e. The molecule has 3 N–H and O–H groups in total. The molecule has 1 atom stereocenters. The zero-order valence-electron chi connectivity index (χ0n) is 11.8. The number of carbonyl (C=O) groups is 1. The molecule has 0 aromatic heterocycles. The molecule has 1 saturated carbocycles. The lowest BCUT2D eigenvalue weighted by Crippen LogP contribution is -2.51. The fraction of sp³-hybridized carbons (Fsp3) is 0.857. The molecular formula is C14H26N2OS. The second-order valence-corrected chi connectivity index (χ2v) is 5.85. The summed E-state index contributed by atoms with van der Waals surface area (Å²) >= 11 is 5.11. The number of hydrogen-bond acceptors (Lipinski definition) is 2. The van der Waals surface area contributed by atoms with Crippen molar-refractivity contribution in [3.05, 3.63) is 0 Å². The van der Waals surface area contributed by atoms with Gasteiger partial charge in [0, 0.05) is 6.04 Å². The van der Waals surface area contributed by atoms with E-state index in [4.69, 9.17) is 18.0 Å². The van der Waals surface area contributed by atoms with Crippen LogP contribution in [0.1, 0.15) is 59.3 Å². The second kappa shape index (κ2) is 6.50. The second-order valence-electron chi connectivity index (χ2n) is 5.41. The third-order valence-corrected chi connectivity index (χ3v) is 4.65. The summed E-state index contributed by atoms with van der Waals surface area (Å²) in [7, 11) is 0. The van der Waals surface area contributed by atoms with E-state index in [0.29, 0.717) is 17.8 Å². The monoisotopic (exact) mass is 270 g/mol. The van der Waals surface area contributed by atoms with Crippen LogP contribution in [0.15, 0.2) is 0 Å². The molecule has 0 spiro atoms. The Morgan fingerprint density at radius 1 is 1.39 bits per heavy atom. The van der Waals surface area contributed by atoms with E-state index in [1.54, 1.807) is 0 Å². The Hall–Kier alpha value is -0.640. The Morgan fingerprint density at radius 2 is 1.94 bits per heavy atom. The summed E-state index contributed by atoms with van der Waals surface area (Å²) in [6.45, 7) is 6.07. The van der Waals surface area contributed by atoms with Crippen LogP contribution in [0.4, 0.5) is 0 Å². The molecular weight excluding hydrogens is 244 g/mol. The Kier molecular flexibility index (Phi) is 5.57. The Bertz CT molecular complexity index is 309. The first-order valence-electron chi connectivity index (χ1n) is 7.11. The zero-order valence-corrected chi connectivity index (χ0v) is 12.6. The van der Waals surface area contributed by atoms with Gasteiger partial charge in [0.25, 0.3) is 0 Å². The van der Waals surface area contributed by atoms with Crippen LogP contribution in [0.25, 0.3) is 0 Å². The van der Waals surface area contributed by atoms with E-state index < -0.39 is 5.41 Å². The highest BCUT2D eigenvalue weighted by molar-refractivity contribution is 7.80. The van der Waals surface area contributed by atoms with Crippen LogP contribution in [0.2, 0.25) is 0 Å². The maximum absolute atomic E-state index is 12.5. The molecule has 104 valence electrons. The van der Waals surface area contributed by atoms with Gasteiger partial charge < -0.3 is 11.1 Å². The lowest BCUT2D eigenvalue weighted by atomic mass is 9.81. The molecule has 0 saturated heterocycles. The quantitative estimate of drug-likeness (QED) is 0.667. The highest BCUT2D eigenvalue weighted by Crippen LogP contribution is 2.34. The first kappa shape index (κ1) is 15.4. The fourth-order valence-electron chi connectivity index (χ4n) is 2.44. The molecule has 0 aromatic carbocycles. The number of carbonyl (C=O) groups excluding carboxylic acids is 1. The van der Waals surface area contributed by atoms with Gasteiger partial charge in [-0.3, -0.25) is 4.79 Å². The van der Waals surface area contributed by atoms with Gasteiger partial charge in [0.15, 0.2) is 0 Å². The molecule has 1 aliphatic carbocycles. The molecule has 1 amide bonds. The molecule has 1 fully saturated rings. The molecule has 0 heterocycles. The van der Waals surface area contributed by atoms with Gasteiger partial charge in [-0.1, -0.05) is 45.8 Å². The average molecular weight is 270 g/mol. The Balaban J connectivity index is 2.66. The number of nitrogens with one attached hydrogen (secondary N) is 1. The molecule has 18 heavy (non-hydrogen) atoms. The van der Waals surface area contributed by atoms with Crippen molar-refractivity contribution in [2.75, 3.05) is 0 Å². The van der Waals surface area contributed by atoms with Crippen LogP contribution in [0, 0.1) is 11.3 Å². The van der Waals surface area contributed by atoms with Crippen LogP contribution in [0.3, 0.4) is 0 Å². The summed E-state index contributed by atoms with van der Waals surface area (Å²) in [5.41, 5.74) is 5.13. The van der Waals surface area contributed by atoms with E-state index in [-0.39, 0.29) is 11.9 Å². The average Bonchev–Trinajstić information content (AvgIpc) is 3.14. The van der Waals surface area contributed by atoms with Gasteiger partial charge in [0.2, 0.25) is 5.91 Å². The number of amides is 1. The van der Waals surface area contributed by atoms with Crippen LogP contribution in [0.5, 0.6) is 0 Å². The molecule has 0 bridgehead atoms. The number of rotatable bonds is 8. The predicted molar refractivity (Wildman–Crippen MR) is 79.4 cm³/mol. The third kappa shape index (κ3) is 3.44. The number of hydrogen-bond donors (Lipinski definition) is 2. The van der Waals surface area contributed by atoms with Crippen LogP contribution >= 0.6 is 12.2 Å². The van der Waals surface area contributed by atoms with Gasteiger partial charge in [0.1, 0.15) is 0 Å². The smallest absolute Gasteiger partial charge is 0.233 e. The van der Waals surface area contributed by atoms with E-state index in [0.717, 1.165) is 18.8 Å². The normalized spacial score (nSPS) is 17.3. The fourth-order valence-corrected chi connectivity index (χ4v) is 2.82. The lowest BCUT2D eigenvalue weighted by molar-refractivity contribution is -0.128. The molecule has 1 rings (SSSR count). The summed E-state index contributed by atoms with van der Waals surface area (Å²) in [5.74, 6) is 0.838. The van der Waals surface area contributed by atoms with Crippen molar-refractivity contribution < 1.29 is 4.79 Å². The Labute approximate surface area is 116 Å². The van der Waals surface area contributed by atoms with Gasteiger partial charge in [-0.15, -0.1) is 0 Å². The first-order chi connectivity index (χ1) is 8.50. The van der Waals surface area contributed by atoms with Crippen molar-refractivity contribution in [3.8, 4) is 0 Å². The van der Waals surface area contributed by atoms with E-state index in [9.17, 15) is 4.79 Å². The molecule has 0 aromatic rings. The minimum absolute atomic E-state index is 0.0208. The van der Waals surface area contributed by atoms with Gasteiger partial charge in [-0.05, 0) is 31.6 Å². The van der Waals surface area contributed by atoms with Crippen LogP contribution in [-0.2, 0) is 4.79 Å². The molecule has 1 aliphatic rings. The molecule has 0 radical (unpaired) electrons. The Morgan fingerprint density at radius 3 is 2.28 bits per heavy atom. The topological polar surface area (TPSA) is 55.1 Å². The lowest BCUT2D eigenvalue weighted by Gasteiger charge is -2.31. The summed E-state index contributed by atoms with van der Waals surface area (Å²) < 4.78 is 0. The van der Waals surface area contributed by atoms with Crippen molar-refractivity contribution in [1.29, 1.82) is 0 Å². The maximum atomic E-state index is 12.5. The van der Waals surface area contributed by atoms with E-state index in [2.05, 4.69) is 12.2 Å². The van der Waals surface area contributed by atoms with Gasteiger partial charge in [-0.2, -0.15) is 0 Å². The zero-order chi connectivity index (χ0) is 13.8. The van der Waals surface area contributed by atoms with Gasteiger partial charge in [-0.25, -0.2) is 0 Å². The van der Waals surface area contributed by atoms with Crippen LogP contribution in [-0.4, -0.2) is 16.9 Å². The minimum atomic E-state index is -0.660. The summed E-state index contributed by atoms with van der Waals surface area (Å²) in [6, 6.07) is 0.275. The van der Waals surface area contributed by atoms with E-state index in [1.807, 2.05) is 13.8 Å². The standard InChI is InChI=1S/C14H26N2OS/c1-4-11(9-10-7-8-10)16-13(17)14(5-2,6-3)12(15)18/h10-11H,4-9H2,1-3H3,(H2,15,18)(H,16,17). The van der Waals surface area contributed by atoms with Crippen molar-refractivity contribution in [1.82, 2.24) is 5.32 Å². The largest absolute Gasteiger partial charge is 0.392 e. The molecule has 4 heteroatoms. The van der Waals surface area contributed by atoms with Gasteiger partial charge in [0.05, 0.1) is 10.4 Å². The third-order valence-electron chi connectivity index (χ3n) is 4.26. The first-order valence-corrected chi connectivity index (χ1v) is 7.51. The SMILES string of the molecule is CCC(CC1CC1)NC(=O)C(CC)(CC)C(N)=S. The van der Waals surface area contributed by atoms with E-state index >= 15 is 0 Å². The highest BCUT2D eigenvalue weighted by Gasteiger charge is 2.39. The van der Waals surface area contributed by atoms with E-state index in [1.165, 1.54) is 12.8 Å². The van der Waals surface area contributed by atoms with Crippen molar-refractivity contribution in [2.24, 2.45) is 17.1 Å². The van der Waals surface area contributed by atoms with Crippen molar-refractivity contribution in [2.45, 2.75) is 65.3 Å². The van der Waals surface area contributed by atoms with Crippen molar-refractivity contribution in [3.63, 3.8) is 0 Å². The molecule has 3 nitrogen and oxygen atoms in total. The van der Waals surface area contributed by atoms with Gasteiger partial charge >= 0.3 is 0 Å². The number of nitrogens with two attached hydrogens (primary N) is 1. The summed E-state index contributed by atoms with van der Waals surface area (Å²) in [4.78, 5) is 12.8. The van der Waals surface area contributed by atoms with Crippen LogP contribution < -0.4 is 11.1 Å². The highest BCUT2D eigenvalue weighted by atomic mass is 32.1. The number of thiocarbonyl (C=S) groups is 1. The summed E-state index contributed by atoms with van der Waals surface area (Å²) in [6.07, 6.45) is 6.05. The summed E-state index contributed by atoms with van der Waals surface area (Å²) in [5, 5.41) is 3.16. The maximum Gasteiger partial charge on any atom is 0.233 e.